The Morgan fingerprint density at radius 2 is 1.96 bits per heavy atom. The van der Waals surface area contributed by atoms with Crippen LogP contribution in [-0.4, -0.2) is 23.7 Å². The normalized spacial score (nSPS) is 12.1. The Morgan fingerprint density at radius 3 is 2.82 bits per heavy atom. The van der Waals surface area contributed by atoms with E-state index in [1.807, 2.05) is 41.8 Å². The highest BCUT2D eigenvalue weighted by Gasteiger charge is 2.14. The van der Waals surface area contributed by atoms with Crippen LogP contribution in [0.15, 0.2) is 68.8 Å². The lowest BCUT2D eigenvalue weighted by Crippen LogP contribution is -2.21. The second-order valence-electron chi connectivity index (χ2n) is 6.10. The average Bonchev–Trinajstić information content (AvgIpc) is 3.04. The Labute approximate surface area is 164 Å². The standard InChI is InChI=1S/C21H18N2O4S/c1-2-26-12-11-23-16-8-4-6-10-18(16)28-21(23)22-19(24)15-13-14-7-3-5-9-17(14)27-20(15)25/h3-10,13H,2,11-12H2,1H3. The van der Waals surface area contributed by atoms with Crippen LogP contribution in [0.1, 0.15) is 17.3 Å². The van der Waals surface area contributed by atoms with Crippen molar-refractivity contribution in [1.82, 2.24) is 4.57 Å². The molecule has 0 bridgehead atoms. The fourth-order valence-electron chi connectivity index (χ4n) is 2.98. The van der Waals surface area contributed by atoms with Gasteiger partial charge in [0.2, 0.25) is 0 Å². The number of rotatable bonds is 5. The molecule has 0 saturated carbocycles. The molecular weight excluding hydrogens is 376 g/mol. The highest BCUT2D eigenvalue weighted by Crippen LogP contribution is 2.17. The molecule has 0 unspecified atom stereocenters. The molecule has 0 fully saturated rings. The summed E-state index contributed by atoms with van der Waals surface area (Å²) >= 11 is 1.40. The molecule has 2 aromatic heterocycles. The number of amides is 1. The molecule has 0 atom stereocenters. The van der Waals surface area contributed by atoms with Crippen LogP contribution in [0.2, 0.25) is 0 Å². The lowest BCUT2D eigenvalue weighted by molar-refractivity contribution is 0.0993. The Kier molecular flexibility index (Phi) is 5.18. The van der Waals surface area contributed by atoms with Gasteiger partial charge in [-0.05, 0) is 31.2 Å². The van der Waals surface area contributed by atoms with Gasteiger partial charge >= 0.3 is 5.63 Å². The minimum atomic E-state index is -0.686. The summed E-state index contributed by atoms with van der Waals surface area (Å²) in [6.45, 7) is 3.63. The van der Waals surface area contributed by atoms with Crippen molar-refractivity contribution in [2.24, 2.45) is 4.99 Å². The zero-order valence-corrected chi connectivity index (χ0v) is 16.1. The molecule has 4 aromatic rings. The van der Waals surface area contributed by atoms with E-state index < -0.39 is 11.5 Å². The van der Waals surface area contributed by atoms with E-state index in [1.54, 1.807) is 18.2 Å². The number of ether oxygens (including phenoxy) is 1. The summed E-state index contributed by atoms with van der Waals surface area (Å²) in [7, 11) is 0. The highest BCUT2D eigenvalue weighted by atomic mass is 32.1. The second kappa shape index (κ2) is 7.92. The monoisotopic (exact) mass is 394 g/mol. The van der Waals surface area contributed by atoms with Gasteiger partial charge in [-0.15, -0.1) is 0 Å². The molecule has 6 nitrogen and oxygen atoms in total. The largest absolute Gasteiger partial charge is 0.422 e. The first-order chi connectivity index (χ1) is 13.7. The third-order valence-corrected chi connectivity index (χ3v) is 5.38. The molecule has 0 spiro atoms. The van der Waals surface area contributed by atoms with Crippen molar-refractivity contribution in [2.45, 2.75) is 13.5 Å². The zero-order chi connectivity index (χ0) is 19.5. The van der Waals surface area contributed by atoms with Crippen molar-refractivity contribution >= 4 is 38.4 Å². The summed E-state index contributed by atoms with van der Waals surface area (Å²) < 4.78 is 13.7. The van der Waals surface area contributed by atoms with Crippen LogP contribution in [0, 0.1) is 0 Å². The number of carbonyl (C=O) groups is 1. The topological polar surface area (TPSA) is 73.8 Å². The van der Waals surface area contributed by atoms with Crippen molar-refractivity contribution in [3.8, 4) is 0 Å². The van der Waals surface area contributed by atoms with Gasteiger partial charge in [0, 0.05) is 18.5 Å². The molecular formula is C21H18N2O4S. The van der Waals surface area contributed by atoms with Crippen LogP contribution >= 0.6 is 11.3 Å². The van der Waals surface area contributed by atoms with E-state index in [0.29, 0.717) is 35.5 Å². The quantitative estimate of drug-likeness (QED) is 0.383. The van der Waals surface area contributed by atoms with Gasteiger partial charge < -0.3 is 13.7 Å². The van der Waals surface area contributed by atoms with Crippen molar-refractivity contribution in [1.29, 1.82) is 0 Å². The number of thiazole rings is 1. The molecule has 4 rings (SSSR count). The molecule has 28 heavy (non-hydrogen) atoms. The lowest BCUT2D eigenvalue weighted by atomic mass is 10.2. The Bertz CT molecular complexity index is 1280. The Morgan fingerprint density at radius 1 is 1.18 bits per heavy atom. The fraction of sp³-hybridized carbons (Fsp3) is 0.190. The Balaban J connectivity index is 1.81. The number of benzene rings is 2. The van der Waals surface area contributed by atoms with Crippen molar-refractivity contribution in [3.05, 3.63) is 75.4 Å². The van der Waals surface area contributed by atoms with Crippen molar-refractivity contribution < 1.29 is 13.9 Å². The summed E-state index contributed by atoms with van der Waals surface area (Å²) in [5.74, 6) is -0.615. The van der Waals surface area contributed by atoms with E-state index in [0.717, 1.165) is 10.2 Å². The lowest BCUT2D eigenvalue weighted by Gasteiger charge is -2.05. The number of carbonyl (C=O) groups excluding carboxylic acids is 1. The molecule has 2 heterocycles. The first-order valence-electron chi connectivity index (χ1n) is 8.95. The minimum Gasteiger partial charge on any atom is -0.422 e. The summed E-state index contributed by atoms with van der Waals surface area (Å²) in [5, 5.41) is 0.682. The molecule has 0 radical (unpaired) electrons. The predicted octanol–water partition coefficient (Wildman–Crippen LogP) is 3.59. The van der Waals surface area contributed by atoms with Gasteiger partial charge in [0.1, 0.15) is 11.1 Å². The maximum absolute atomic E-state index is 12.8. The van der Waals surface area contributed by atoms with Crippen LogP contribution < -0.4 is 10.4 Å². The van der Waals surface area contributed by atoms with Gasteiger partial charge in [-0.1, -0.05) is 41.7 Å². The van der Waals surface area contributed by atoms with Crippen molar-refractivity contribution in [3.63, 3.8) is 0 Å². The van der Waals surface area contributed by atoms with Crippen LogP contribution in [0.25, 0.3) is 21.2 Å². The van der Waals surface area contributed by atoms with E-state index >= 15 is 0 Å². The van der Waals surface area contributed by atoms with E-state index in [9.17, 15) is 9.59 Å². The molecule has 0 N–H and O–H groups in total. The molecule has 0 aliphatic heterocycles. The second-order valence-corrected chi connectivity index (χ2v) is 7.11. The first kappa shape index (κ1) is 18.3. The summed E-state index contributed by atoms with van der Waals surface area (Å²) in [4.78, 5) is 29.8. The van der Waals surface area contributed by atoms with Crippen molar-refractivity contribution in [2.75, 3.05) is 13.2 Å². The summed E-state index contributed by atoms with van der Waals surface area (Å²) in [5.41, 5.74) is 0.656. The Hall–Kier alpha value is -3.03. The molecule has 0 aliphatic rings. The average molecular weight is 394 g/mol. The minimum absolute atomic E-state index is 0.0764. The third kappa shape index (κ3) is 3.54. The SMILES string of the molecule is CCOCCn1c(=NC(=O)c2cc3ccccc3oc2=O)sc2ccccc21. The molecule has 0 saturated heterocycles. The van der Waals surface area contributed by atoms with Gasteiger partial charge in [0.25, 0.3) is 5.91 Å². The van der Waals surface area contributed by atoms with Gasteiger partial charge in [-0.2, -0.15) is 4.99 Å². The third-order valence-electron chi connectivity index (χ3n) is 4.32. The number of nitrogens with zero attached hydrogens (tertiary/aromatic N) is 2. The van der Waals surface area contributed by atoms with E-state index in [4.69, 9.17) is 9.15 Å². The number of fused-ring (bicyclic) bond motifs is 2. The fourth-order valence-corrected chi connectivity index (χ4v) is 4.04. The smallest absolute Gasteiger partial charge is 0.349 e. The number of hydrogen-bond acceptors (Lipinski definition) is 5. The van der Waals surface area contributed by atoms with Gasteiger partial charge in [-0.25, -0.2) is 4.79 Å². The van der Waals surface area contributed by atoms with E-state index in [1.165, 1.54) is 17.4 Å². The van der Waals surface area contributed by atoms with Gasteiger partial charge in [0.05, 0.1) is 16.8 Å². The molecule has 1 amide bonds. The summed E-state index contributed by atoms with van der Waals surface area (Å²) in [6, 6.07) is 16.4. The van der Waals surface area contributed by atoms with Crippen LogP contribution in [0.5, 0.6) is 0 Å². The maximum atomic E-state index is 12.8. The molecule has 7 heteroatoms. The van der Waals surface area contributed by atoms with E-state index in [2.05, 4.69) is 4.99 Å². The van der Waals surface area contributed by atoms with E-state index in [-0.39, 0.29) is 5.56 Å². The molecule has 0 aliphatic carbocycles. The predicted molar refractivity (Wildman–Crippen MR) is 109 cm³/mol. The molecule has 2 aromatic carbocycles. The number of para-hydroxylation sites is 2. The maximum Gasteiger partial charge on any atom is 0.349 e. The van der Waals surface area contributed by atoms with Gasteiger partial charge in [-0.3, -0.25) is 4.79 Å². The molecule has 142 valence electrons. The van der Waals surface area contributed by atoms with Crippen LogP contribution in [0.3, 0.4) is 0 Å². The zero-order valence-electron chi connectivity index (χ0n) is 15.3. The number of hydrogen-bond donors (Lipinski definition) is 0. The highest BCUT2D eigenvalue weighted by molar-refractivity contribution is 7.16. The van der Waals surface area contributed by atoms with Crippen LogP contribution in [-0.2, 0) is 11.3 Å². The first-order valence-corrected chi connectivity index (χ1v) is 9.77. The van der Waals surface area contributed by atoms with Crippen LogP contribution in [0.4, 0.5) is 0 Å². The van der Waals surface area contributed by atoms with Gasteiger partial charge in [0.15, 0.2) is 4.80 Å². The summed E-state index contributed by atoms with van der Waals surface area (Å²) in [6.07, 6.45) is 0. The number of aromatic nitrogens is 1.